The molecule has 0 atom stereocenters. The molecular formula is C13H16Br2FNO. The van der Waals surface area contributed by atoms with Crippen LogP contribution in [0.2, 0.25) is 0 Å². The molecule has 2 nitrogen and oxygen atoms in total. The number of rotatable bonds is 5. The van der Waals surface area contributed by atoms with Crippen LogP contribution >= 0.6 is 31.9 Å². The van der Waals surface area contributed by atoms with Crippen LogP contribution in [0, 0.1) is 11.2 Å². The lowest BCUT2D eigenvalue weighted by atomic mass is 9.90. The zero-order valence-corrected chi connectivity index (χ0v) is 13.6. The van der Waals surface area contributed by atoms with E-state index in [1.807, 2.05) is 0 Å². The van der Waals surface area contributed by atoms with Crippen molar-refractivity contribution in [2.75, 3.05) is 11.9 Å². The average Bonchev–Trinajstić information content (AvgIpc) is 2.26. The van der Waals surface area contributed by atoms with Crippen molar-refractivity contribution < 1.29 is 9.18 Å². The molecule has 0 unspecified atom stereocenters. The third-order valence-corrected chi connectivity index (χ3v) is 3.75. The van der Waals surface area contributed by atoms with Gasteiger partial charge >= 0.3 is 0 Å². The van der Waals surface area contributed by atoms with Crippen molar-refractivity contribution in [2.45, 2.75) is 20.3 Å². The highest BCUT2D eigenvalue weighted by atomic mass is 79.9. The van der Waals surface area contributed by atoms with Crippen LogP contribution in [-0.4, -0.2) is 17.8 Å². The van der Waals surface area contributed by atoms with Gasteiger partial charge in [0.1, 0.15) is 5.82 Å². The normalized spacial score (nSPS) is 11.4. The maximum Gasteiger partial charge on any atom is 0.255 e. The summed E-state index contributed by atoms with van der Waals surface area (Å²) in [6.45, 7) is 4.63. The predicted octanol–water partition coefficient (Wildman–Crippen LogP) is 4.13. The monoisotopic (exact) mass is 379 g/mol. The van der Waals surface area contributed by atoms with Crippen LogP contribution in [0.3, 0.4) is 0 Å². The van der Waals surface area contributed by atoms with Gasteiger partial charge in [-0.05, 0) is 39.9 Å². The van der Waals surface area contributed by atoms with Gasteiger partial charge in [-0.25, -0.2) is 4.39 Å². The molecule has 0 radical (unpaired) electrons. The highest BCUT2D eigenvalue weighted by Gasteiger charge is 2.20. The van der Waals surface area contributed by atoms with Gasteiger partial charge in [0.2, 0.25) is 0 Å². The maximum atomic E-state index is 13.6. The molecule has 0 aliphatic heterocycles. The van der Waals surface area contributed by atoms with E-state index >= 15 is 0 Å². The molecule has 1 rings (SSSR count). The van der Waals surface area contributed by atoms with Crippen molar-refractivity contribution in [2.24, 2.45) is 5.41 Å². The Morgan fingerprint density at radius 1 is 1.44 bits per heavy atom. The van der Waals surface area contributed by atoms with Crippen molar-refractivity contribution in [3.63, 3.8) is 0 Å². The van der Waals surface area contributed by atoms with Gasteiger partial charge < -0.3 is 5.32 Å². The highest BCUT2D eigenvalue weighted by molar-refractivity contribution is 9.10. The first kappa shape index (κ1) is 15.6. The van der Waals surface area contributed by atoms with E-state index in [2.05, 4.69) is 51.0 Å². The van der Waals surface area contributed by atoms with Crippen molar-refractivity contribution in [3.05, 3.63) is 34.1 Å². The van der Waals surface area contributed by atoms with Crippen LogP contribution in [0.15, 0.2) is 22.7 Å². The van der Waals surface area contributed by atoms with Gasteiger partial charge in [-0.1, -0.05) is 35.8 Å². The number of alkyl halides is 1. The average molecular weight is 381 g/mol. The zero-order chi connectivity index (χ0) is 13.8. The summed E-state index contributed by atoms with van der Waals surface area (Å²) < 4.78 is 14.0. The standard InChI is InChI=1S/C13H16Br2FNO/c1-13(2,6-7-14)8-17-12(18)11-9(15)4-3-5-10(11)16/h3-5H,6-8H2,1-2H3,(H,17,18). The second-order valence-corrected chi connectivity index (χ2v) is 6.53. The minimum atomic E-state index is -0.514. The van der Waals surface area contributed by atoms with E-state index in [9.17, 15) is 9.18 Å². The fourth-order valence-electron chi connectivity index (χ4n) is 1.47. The predicted molar refractivity (Wildman–Crippen MR) is 78.6 cm³/mol. The van der Waals surface area contributed by atoms with Crippen molar-refractivity contribution in [1.82, 2.24) is 5.32 Å². The second-order valence-electron chi connectivity index (χ2n) is 4.88. The molecule has 5 heteroatoms. The summed E-state index contributed by atoms with van der Waals surface area (Å²) in [5, 5.41) is 3.65. The van der Waals surface area contributed by atoms with Crippen molar-refractivity contribution >= 4 is 37.8 Å². The fourth-order valence-corrected chi connectivity index (χ4v) is 3.06. The van der Waals surface area contributed by atoms with Crippen LogP contribution in [0.1, 0.15) is 30.6 Å². The molecule has 1 N–H and O–H groups in total. The molecule has 1 aromatic carbocycles. The number of halogens is 3. The first-order valence-electron chi connectivity index (χ1n) is 5.65. The Balaban J connectivity index is 2.72. The first-order chi connectivity index (χ1) is 8.37. The largest absolute Gasteiger partial charge is 0.351 e. The number of nitrogens with one attached hydrogen (secondary N) is 1. The quantitative estimate of drug-likeness (QED) is 0.764. The number of carbonyl (C=O) groups excluding carboxylic acids is 1. The maximum absolute atomic E-state index is 13.6. The van der Waals surface area contributed by atoms with Crippen LogP contribution in [0.25, 0.3) is 0 Å². The molecular weight excluding hydrogens is 365 g/mol. The Labute approximate surface area is 124 Å². The molecule has 0 spiro atoms. The Bertz CT molecular complexity index is 415. The van der Waals surface area contributed by atoms with E-state index < -0.39 is 5.82 Å². The summed E-state index contributed by atoms with van der Waals surface area (Å²) in [4.78, 5) is 11.9. The minimum absolute atomic E-state index is 0.0170. The van der Waals surface area contributed by atoms with Crippen LogP contribution in [-0.2, 0) is 0 Å². The van der Waals surface area contributed by atoms with Crippen LogP contribution in [0.4, 0.5) is 4.39 Å². The molecule has 0 fully saturated rings. The van der Waals surface area contributed by atoms with Gasteiger partial charge in [0.25, 0.3) is 5.91 Å². The number of hydrogen-bond acceptors (Lipinski definition) is 1. The molecule has 1 amide bonds. The van der Waals surface area contributed by atoms with Gasteiger partial charge in [0.15, 0.2) is 0 Å². The topological polar surface area (TPSA) is 29.1 Å². The summed E-state index contributed by atoms with van der Waals surface area (Å²) >= 11 is 6.57. The molecule has 0 saturated heterocycles. The Hall–Kier alpha value is -0.420. The molecule has 1 aromatic rings. The molecule has 0 aromatic heterocycles. The minimum Gasteiger partial charge on any atom is -0.351 e. The van der Waals surface area contributed by atoms with Crippen molar-refractivity contribution in [3.8, 4) is 0 Å². The lowest BCUT2D eigenvalue weighted by Crippen LogP contribution is -2.34. The number of hydrogen-bond donors (Lipinski definition) is 1. The molecule has 0 aliphatic carbocycles. The van der Waals surface area contributed by atoms with E-state index in [1.165, 1.54) is 6.07 Å². The molecule has 0 aliphatic rings. The van der Waals surface area contributed by atoms with Gasteiger partial charge in [-0.15, -0.1) is 0 Å². The Morgan fingerprint density at radius 2 is 2.11 bits per heavy atom. The second kappa shape index (κ2) is 6.66. The Morgan fingerprint density at radius 3 is 2.67 bits per heavy atom. The van der Waals surface area contributed by atoms with Crippen molar-refractivity contribution in [1.29, 1.82) is 0 Å². The van der Waals surface area contributed by atoms with E-state index in [0.29, 0.717) is 11.0 Å². The number of carbonyl (C=O) groups is 1. The molecule has 18 heavy (non-hydrogen) atoms. The lowest BCUT2D eigenvalue weighted by molar-refractivity contribution is 0.0931. The summed E-state index contributed by atoms with van der Waals surface area (Å²) in [5.41, 5.74) is 0.0452. The number of benzene rings is 1. The fraction of sp³-hybridized carbons (Fsp3) is 0.462. The van der Waals surface area contributed by atoms with E-state index in [0.717, 1.165) is 11.8 Å². The van der Waals surface area contributed by atoms with Crippen LogP contribution in [0.5, 0.6) is 0 Å². The van der Waals surface area contributed by atoms with E-state index in [1.54, 1.807) is 12.1 Å². The molecule has 100 valence electrons. The van der Waals surface area contributed by atoms with Gasteiger partial charge in [-0.3, -0.25) is 4.79 Å². The third kappa shape index (κ3) is 4.35. The van der Waals surface area contributed by atoms with Crippen LogP contribution < -0.4 is 5.32 Å². The SMILES string of the molecule is CC(C)(CCBr)CNC(=O)c1c(F)cccc1Br. The van der Waals surface area contributed by atoms with Gasteiger partial charge in [0, 0.05) is 16.3 Å². The molecule has 0 heterocycles. The summed E-state index contributed by atoms with van der Waals surface area (Å²) in [7, 11) is 0. The summed E-state index contributed by atoms with van der Waals surface area (Å²) in [5.74, 6) is -0.900. The van der Waals surface area contributed by atoms with E-state index in [4.69, 9.17) is 0 Å². The lowest BCUT2D eigenvalue weighted by Gasteiger charge is -2.24. The first-order valence-corrected chi connectivity index (χ1v) is 7.57. The summed E-state index contributed by atoms with van der Waals surface area (Å²) in [6.07, 6.45) is 0.936. The van der Waals surface area contributed by atoms with Gasteiger partial charge in [-0.2, -0.15) is 0 Å². The smallest absolute Gasteiger partial charge is 0.255 e. The molecule has 0 saturated carbocycles. The highest BCUT2D eigenvalue weighted by Crippen LogP contribution is 2.22. The molecule has 0 bridgehead atoms. The summed E-state index contributed by atoms with van der Waals surface area (Å²) in [6, 6.07) is 4.50. The van der Waals surface area contributed by atoms with E-state index in [-0.39, 0.29) is 16.9 Å². The Kier molecular flexibility index (Phi) is 5.79. The third-order valence-electron chi connectivity index (χ3n) is 2.69. The zero-order valence-electron chi connectivity index (χ0n) is 10.4. The number of amides is 1. The van der Waals surface area contributed by atoms with Gasteiger partial charge in [0.05, 0.1) is 5.56 Å².